The summed E-state index contributed by atoms with van der Waals surface area (Å²) in [5.74, 6) is -0.0809. The molecule has 0 atom stereocenters. The molecule has 0 saturated carbocycles. The first-order valence-electron chi connectivity index (χ1n) is 6.99. The number of morpholine rings is 1. The SMILES string of the molecule is CC1(C)CN(c2ccc(/C=C/C(=O)O)cn2)CC(C)(C)O1. The van der Waals surface area contributed by atoms with Gasteiger partial charge in [0.15, 0.2) is 0 Å². The van der Waals surface area contributed by atoms with Gasteiger partial charge in [0.2, 0.25) is 0 Å². The summed E-state index contributed by atoms with van der Waals surface area (Å²) in [5.41, 5.74) is 0.310. The van der Waals surface area contributed by atoms with E-state index >= 15 is 0 Å². The van der Waals surface area contributed by atoms with Crippen LogP contribution in [0.25, 0.3) is 6.08 Å². The number of carboxylic acids is 1. The lowest BCUT2D eigenvalue weighted by Crippen LogP contribution is -2.57. The highest BCUT2D eigenvalue weighted by Crippen LogP contribution is 2.30. The number of pyridine rings is 1. The molecule has 2 rings (SSSR count). The summed E-state index contributed by atoms with van der Waals surface area (Å²) in [7, 11) is 0. The summed E-state index contributed by atoms with van der Waals surface area (Å²) in [6.45, 7) is 9.84. The van der Waals surface area contributed by atoms with Crippen LogP contribution < -0.4 is 4.90 Å². The third-order valence-electron chi connectivity index (χ3n) is 3.21. The molecule has 0 unspecified atom stereocenters. The minimum absolute atomic E-state index is 0.231. The van der Waals surface area contributed by atoms with Gasteiger partial charge in [-0.25, -0.2) is 9.78 Å². The van der Waals surface area contributed by atoms with Crippen LogP contribution >= 0.6 is 0 Å². The second-order valence-corrected chi connectivity index (χ2v) is 6.60. The number of aliphatic carboxylic acids is 1. The number of nitrogens with zero attached hydrogens (tertiary/aromatic N) is 2. The Kier molecular flexibility index (Phi) is 4.05. The molecule has 5 nitrogen and oxygen atoms in total. The summed E-state index contributed by atoms with van der Waals surface area (Å²) >= 11 is 0. The Balaban J connectivity index is 2.16. The molecule has 0 bridgehead atoms. The van der Waals surface area contributed by atoms with Crippen LogP contribution in [0.3, 0.4) is 0 Å². The van der Waals surface area contributed by atoms with Crippen molar-refractivity contribution in [1.82, 2.24) is 4.98 Å². The van der Waals surface area contributed by atoms with E-state index in [1.165, 1.54) is 6.08 Å². The van der Waals surface area contributed by atoms with E-state index in [1.807, 2.05) is 12.1 Å². The van der Waals surface area contributed by atoms with Gasteiger partial charge in [-0.05, 0) is 51.5 Å². The van der Waals surface area contributed by atoms with E-state index in [9.17, 15) is 4.79 Å². The molecule has 0 amide bonds. The van der Waals surface area contributed by atoms with Crippen molar-refractivity contribution in [3.8, 4) is 0 Å². The van der Waals surface area contributed by atoms with Crippen LogP contribution in [0.15, 0.2) is 24.4 Å². The van der Waals surface area contributed by atoms with Crippen LogP contribution in [0.2, 0.25) is 0 Å². The van der Waals surface area contributed by atoms with Crippen molar-refractivity contribution in [1.29, 1.82) is 0 Å². The van der Waals surface area contributed by atoms with Crippen molar-refractivity contribution in [2.75, 3.05) is 18.0 Å². The topological polar surface area (TPSA) is 62.7 Å². The number of hydrogen-bond donors (Lipinski definition) is 1. The van der Waals surface area contributed by atoms with Gasteiger partial charge in [-0.3, -0.25) is 0 Å². The van der Waals surface area contributed by atoms with Gasteiger partial charge >= 0.3 is 5.97 Å². The third kappa shape index (κ3) is 4.29. The summed E-state index contributed by atoms with van der Waals surface area (Å²) in [4.78, 5) is 17.1. The zero-order valence-corrected chi connectivity index (χ0v) is 13.0. The van der Waals surface area contributed by atoms with Gasteiger partial charge in [0.1, 0.15) is 5.82 Å². The number of hydrogen-bond acceptors (Lipinski definition) is 4. The Morgan fingerprint density at radius 3 is 2.38 bits per heavy atom. The summed E-state index contributed by atoms with van der Waals surface area (Å²) in [5, 5.41) is 8.62. The van der Waals surface area contributed by atoms with E-state index in [0.717, 1.165) is 30.5 Å². The normalized spacial score (nSPS) is 20.7. The number of carboxylic acid groups (broad SMARTS) is 1. The first-order valence-corrected chi connectivity index (χ1v) is 6.99. The van der Waals surface area contributed by atoms with Crippen molar-refractivity contribution in [3.05, 3.63) is 30.0 Å². The lowest BCUT2D eigenvalue weighted by molar-refractivity contribution is -0.133. The van der Waals surface area contributed by atoms with Crippen LogP contribution in [-0.4, -0.2) is 40.4 Å². The fourth-order valence-electron chi connectivity index (χ4n) is 2.80. The van der Waals surface area contributed by atoms with Crippen LogP contribution in [0.1, 0.15) is 33.3 Å². The summed E-state index contributed by atoms with van der Waals surface area (Å²) in [6.07, 6.45) is 4.33. The predicted octanol–water partition coefficient (Wildman–Crippen LogP) is 2.57. The van der Waals surface area contributed by atoms with Crippen molar-refractivity contribution in [2.45, 2.75) is 38.9 Å². The van der Waals surface area contributed by atoms with E-state index in [2.05, 4.69) is 37.6 Å². The number of ether oxygens (including phenoxy) is 1. The Morgan fingerprint density at radius 1 is 1.29 bits per heavy atom. The molecule has 1 fully saturated rings. The maximum Gasteiger partial charge on any atom is 0.328 e. The van der Waals surface area contributed by atoms with Crippen LogP contribution in [0, 0.1) is 0 Å². The van der Waals surface area contributed by atoms with Gasteiger partial charge < -0.3 is 14.7 Å². The molecule has 5 heteroatoms. The fraction of sp³-hybridized carbons (Fsp3) is 0.500. The monoisotopic (exact) mass is 290 g/mol. The number of carbonyl (C=O) groups is 1. The lowest BCUT2D eigenvalue weighted by Gasteiger charge is -2.47. The van der Waals surface area contributed by atoms with Gasteiger partial charge in [-0.2, -0.15) is 0 Å². The first-order chi connectivity index (χ1) is 9.67. The molecule has 0 spiro atoms. The molecule has 1 aliphatic rings. The molecule has 1 saturated heterocycles. The first kappa shape index (κ1) is 15.5. The highest BCUT2D eigenvalue weighted by molar-refractivity contribution is 5.85. The van der Waals surface area contributed by atoms with Crippen molar-refractivity contribution < 1.29 is 14.6 Å². The van der Waals surface area contributed by atoms with Gasteiger partial charge in [-0.15, -0.1) is 0 Å². The molecule has 0 radical (unpaired) electrons. The highest BCUT2D eigenvalue weighted by atomic mass is 16.5. The van der Waals surface area contributed by atoms with E-state index in [0.29, 0.717) is 0 Å². The molecule has 0 aromatic carbocycles. The van der Waals surface area contributed by atoms with Crippen LogP contribution in [-0.2, 0) is 9.53 Å². The molecule has 114 valence electrons. The third-order valence-corrected chi connectivity index (χ3v) is 3.21. The molecule has 0 aliphatic carbocycles. The standard InChI is InChI=1S/C16H22N2O3/c1-15(2)10-18(11-16(3,4)21-15)13-7-5-12(9-17-13)6-8-14(19)20/h5-9H,10-11H2,1-4H3,(H,19,20)/b8-6+. The van der Waals surface area contributed by atoms with E-state index in [1.54, 1.807) is 6.20 Å². The van der Waals surface area contributed by atoms with Gasteiger partial charge in [0, 0.05) is 25.4 Å². The molecule has 1 N–H and O–H groups in total. The maximum atomic E-state index is 10.5. The molecule has 2 heterocycles. The zero-order chi connectivity index (χ0) is 15.7. The molecular formula is C16H22N2O3. The Labute approximate surface area is 125 Å². The van der Waals surface area contributed by atoms with Crippen LogP contribution in [0.5, 0.6) is 0 Å². The highest BCUT2D eigenvalue weighted by Gasteiger charge is 2.38. The largest absolute Gasteiger partial charge is 0.478 e. The predicted molar refractivity (Wildman–Crippen MR) is 82.4 cm³/mol. The van der Waals surface area contributed by atoms with E-state index < -0.39 is 5.97 Å². The smallest absolute Gasteiger partial charge is 0.328 e. The number of rotatable bonds is 3. The Hall–Kier alpha value is -1.88. The summed E-state index contributed by atoms with van der Waals surface area (Å²) in [6, 6.07) is 3.79. The van der Waals surface area contributed by atoms with Crippen LogP contribution in [0.4, 0.5) is 5.82 Å². The second kappa shape index (κ2) is 5.48. The zero-order valence-electron chi connectivity index (χ0n) is 13.0. The van der Waals surface area contributed by atoms with Gasteiger partial charge in [-0.1, -0.05) is 0 Å². The minimum Gasteiger partial charge on any atom is -0.478 e. The molecule has 1 aliphatic heterocycles. The number of anilines is 1. The minimum atomic E-state index is -0.962. The van der Waals surface area contributed by atoms with Gasteiger partial charge in [0.25, 0.3) is 0 Å². The van der Waals surface area contributed by atoms with Crippen molar-refractivity contribution in [2.24, 2.45) is 0 Å². The Morgan fingerprint density at radius 2 is 1.90 bits per heavy atom. The summed E-state index contributed by atoms with van der Waals surface area (Å²) < 4.78 is 6.06. The fourth-order valence-corrected chi connectivity index (χ4v) is 2.80. The molecular weight excluding hydrogens is 268 g/mol. The second-order valence-electron chi connectivity index (χ2n) is 6.60. The van der Waals surface area contributed by atoms with E-state index in [4.69, 9.17) is 9.84 Å². The van der Waals surface area contributed by atoms with Crippen molar-refractivity contribution >= 4 is 17.9 Å². The average molecular weight is 290 g/mol. The van der Waals surface area contributed by atoms with E-state index in [-0.39, 0.29) is 11.2 Å². The number of aromatic nitrogens is 1. The molecule has 1 aromatic heterocycles. The molecule has 1 aromatic rings. The quantitative estimate of drug-likeness (QED) is 0.867. The van der Waals surface area contributed by atoms with Crippen molar-refractivity contribution in [3.63, 3.8) is 0 Å². The Bertz CT molecular complexity index is 531. The van der Waals surface area contributed by atoms with Gasteiger partial charge in [0.05, 0.1) is 11.2 Å². The maximum absolute atomic E-state index is 10.5. The average Bonchev–Trinajstić information content (AvgIpc) is 2.33. The molecule has 21 heavy (non-hydrogen) atoms. The lowest BCUT2D eigenvalue weighted by atomic mass is 9.99.